The smallest absolute Gasteiger partial charge is 0.123 e. The van der Waals surface area contributed by atoms with E-state index in [4.69, 9.17) is 4.74 Å². The van der Waals surface area contributed by atoms with Crippen LogP contribution in [0.5, 0.6) is 5.75 Å². The molecule has 1 rings (SSSR count). The fourth-order valence-electron chi connectivity index (χ4n) is 0.711. The van der Waals surface area contributed by atoms with Gasteiger partial charge in [-0.2, -0.15) is 0 Å². The highest BCUT2D eigenvalue weighted by atomic mass is 79.9. The average molecular weight is 281 g/mol. The van der Waals surface area contributed by atoms with Crippen LogP contribution in [0.3, 0.4) is 0 Å². The van der Waals surface area contributed by atoms with E-state index >= 15 is 0 Å². The normalized spacial score (nSPS) is 9.73. The number of alkyl halides is 1. The van der Waals surface area contributed by atoms with Gasteiger partial charge in [0, 0.05) is 17.5 Å². The topological polar surface area (TPSA) is 22.1 Å². The third-order valence-corrected chi connectivity index (χ3v) is 2.17. The van der Waals surface area contributed by atoms with E-state index in [1.807, 2.05) is 12.1 Å². The van der Waals surface area contributed by atoms with Gasteiger partial charge in [0.1, 0.15) is 10.4 Å². The van der Waals surface area contributed by atoms with Crippen LogP contribution < -0.4 is 4.74 Å². The van der Waals surface area contributed by atoms with Crippen LogP contribution in [0.25, 0.3) is 0 Å². The molecule has 0 aromatic carbocycles. The molecule has 0 fully saturated rings. The molecule has 0 radical (unpaired) electrons. The Bertz CT molecular complexity index is 230. The molecule has 0 amide bonds. The Kier molecular flexibility index (Phi) is 3.33. The van der Waals surface area contributed by atoms with E-state index in [0.29, 0.717) is 0 Å². The summed E-state index contributed by atoms with van der Waals surface area (Å²) in [4.78, 5) is 4.19. The average Bonchev–Trinajstić information content (AvgIpc) is 2.03. The minimum absolute atomic E-state index is 0.739. The zero-order chi connectivity index (χ0) is 8.27. The van der Waals surface area contributed by atoms with Crippen molar-refractivity contribution in [3.05, 3.63) is 22.4 Å². The van der Waals surface area contributed by atoms with Gasteiger partial charge in [-0.1, -0.05) is 15.9 Å². The van der Waals surface area contributed by atoms with Gasteiger partial charge in [-0.3, -0.25) is 0 Å². The number of halogens is 2. The highest BCUT2D eigenvalue weighted by Gasteiger charge is 1.98. The third kappa shape index (κ3) is 2.45. The van der Waals surface area contributed by atoms with Gasteiger partial charge in [-0.15, -0.1) is 0 Å². The second kappa shape index (κ2) is 4.07. The lowest BCUT2D eigenvalue weighted by Gasteiger charge is -2.01. The standard InChI is InChI=1S/C7H7Br2NO/c1-11-6-2-5(4-8)10-7(9)3-6/h2-3H,4H2,1H3. The summed E-state index contributed by atoms with van der Waals surface area (Å²) >= 11 is 6.60. The van der Waals surface area contributed by atoms with Gasteiger partial charge in [-0.25, -0.2) is 4.98 Å². The molecule has 0 unspecified atom stereocenters. The molecule has 1 aromatic heterocycles. The van der Waals surface area contributed by atoms with Crippen LogP contribution in [0.15, 0.2) is 16.7 Å². The van der Waals surface area contributed by atoms with Gasteiger partial charge in [0.05, 0.1) is 12.8 Å². The summed E-state index contributed by atoms with van der Waals surface area (Å²) in [5.74, 6) is 0.821. The molecule has 60 valence electrons. The van der Waals surface area contributed by atoms with E-state index in [-0.39, 0.29) is 0 Å². The molecule has 0 saturated carbocycles. The SMILES string of the molecule is COc1cc(Br)nc(CBr)c1. The van der Waals surface area contributed by atoms with E-state index < -0.39 is 0 Å². The molecule has 0 aliphatic heterocycles. The van der Waals surface area contributed by atoms with E-state index in [9.17, 15) is 0 Å². The number of methoxy groups -OCH3 is 1. The Balaban J connectivity index is 3.02. The number of ether oxygens (including phenoxy) is 1. The molecule has 1 aromatic rings. The predicted molar refractivity (Wildman–Crippen MR) is 51.1 cm³/mol. The van der Waals surface area contributed by atoms with Crippen LogP contribution in [0.2, 0.25) is 0 Å². The fraction of sp³-hybridized carbons (Fsp3) is 0.286. The van der Waals surface area contributed by atoms with Crippen molar-refractivity contribution in [2.24, 2.45) is 0 Å². The van der Waals surface area contributed by atoms with Crippen LogP contribution in [-0.4, -0.2) is 12.1 Å². The quantitative estimate of drug-likeness (QED) is 0.614. The summed E-state index contributed by atoms with van der Waals surface area (Å²) in [6, 6.07) is 3.71. The van der Waals surface area contributed by atoms with E-state index in [2.05, 4.69) is 36.8 Å². The number of rotatable bonds is 2. The lowest BCUT2D eigenvalue weighted by molar-refractivity contribution is 0.413. The molecule has 11 heavy (non-hydrogen) atoms. The predicted octanol–water partition coefficient (Wildman–Crippen LogP) is 2.75. The van der Waals surface area contributed by atoms with Crippen molar-refractivity contribution in [3.8, 4) is 5.75 Å². The van der Waals surface area contributed by atoms with Crippen LogP contribution in [-0.2, 0) is 5.33 Å². The second-order valence-corrected chi connectivity index (χ2v) is 3.33. The van der Waals surface area contributed by atoms with E-state index in [1.165, 1.54) is 0 Å². The Hall–Kier alpha value is -0.0900. The zero-order valence-electron chi connectivity index (χ0n) is 5.97. The number of hydrogen-bond acceptors (Lipinski definition) is 2. The van der Waals surface area contributed by atoms with Crippen LogP contribution >= 0.6 is 31.9 Å². The van der Waals surface area contributed by atoms with Crippen molar-refractivity contribution >= 4 is 31.9 Å². The van der Waals surface area contributed by atoms with Crippen LogP contribution in [0, 0.1) is 0 Å². The molecular formula is C7H7Br2NO. The summed E-state index contributed by atoms with van der Waals surface area (Å²) in [7, 11) is 1.64. The number of nitrogens with zero attached hydrogens (tertiary/aromatic N) is 1. The van der Waals surface area contributed by atoms with Crippen molar-refractivity contribution in [2.75, 3.05) is 7.11 Å². The van der Waals surface area contributed by atoms with E-state index in [0.717, 1.165) is 21.4 Å². The summed E-state index contributed by atoms with van der Waals surface area (Å²) in [5, 5.41) is 0.739. The van der Waals surface area contributed by atoms with Gasteiger partial charge in [0.2, 0.25) is 0 Å². The maximum atomic E-state index is 5.05. The Morgan fingerprint density at radius 3 is 2.82 bits per heavy atom. The van der Waals surface area contributed by atoms with E-state index in [1.54, 1.807) is 7.11 Å². The van der Waals surface area contributed by atoms with Crippen molar-refractivity contribution in [1.82, 2.24) is 4.98 Å². The molecule has 4 heteroatoms. The minimum Gasteiger partial charge on any atom is -0.497 e. The van der Waals surface area contributed by atoms with Crippen LogP contribution in [0.1, 0.15) is 5.69 Å². The summed E-state index contributed by atoms with van der Waals surface area (Å²) in [5.41, 5.74) is 0.955. The van der Waals surface area contributed by atoms with Gasteiger partial charge in [-0.05, 0) is 15.9 Å². The molecule has 0 saturated heterocycles. The largest absolute Gasteiger partial charge is 0.497 e. The maximum absolute atomic E-state index is 5.05. The van der Waals surface area contributed by atoms with Gasteiger partial charge in [0.25, 0.3) is 0 Å². The fourth-order valence-corrected chi connectivity index (χ4v) is 1.45. The second-order valence-electron chi connectivity index (χ2n) is 1.95. The summed E-state index contributed by atoms with van der Waals surface area (Å²) < 4.78 is 5.84. The first kappa shape index (κ1) is 9.00. The molecule has 1 heterocycles. The van der Waals surface area contributed by atoms with Crippen molar-refractivity contribution in [1.29, 1.82) is 0 Å². The number of pyridine rings is 1. The van der Waals surface area contributed by atoms with Crippen molar-refractivity contribution in [3.63, 3.8) is 0 Å². The first-order valence-corrected chi connectivity index (χ1v) is 4.94. The first-order valence-electron chi connectivity index (χ1n) is 3.02. The molecular weight excluding hydrogens is 274 g/mol. The molecule has 0 aliphatic carbocycles. The lowest BCUT2D eigenvalue weighted by atomic mass is 10.4. The summed E-state index contributed by atoms with van der Waals surface area (Å²) in [6.07, 6.45) is 0. The molecule has 0 spiro atoms. The molecule has 0 N–H and O–H groups in total. The molecule has 2 nitrogen and oxygen atoms in total. The van der Waals surface area contributed by atoms with Gasteiger partial charge < -0.3 is 4.74 Å². The molecule has 0 atom stereocenters. The minimum atomic E-state index is 0.739. The monoisotopic (exact) mass is 279 g/mol. The number of hydrogen-bond donors (Lipinski definition) is 0. The summed E-state index contributed by atoms with van der Waals surface area (Å²) in [6.45, 7) is 0. The molecule has 0 aliphatic rings. The lowest BCUT2D eigenvalue weighted by Crippen LogP contribution is -1.89. The Morgan fingerprint density at radius 1 is 1.55 bits per heavy atom. The van der Waals surface area contributed by atoms with Gasteiger partial charge >= 0.3 is 0 Å². The highest BCUT2D eigenvalue weighted by Crippen LogP contribution is 2.18. The Morgan fingerprint density at radius 2 is 2.27 bits per heavy atom. The third-order valence-electron chi connectivity index (χ3n) is 1.19. The Labute approximate surface area is 82.2 Å². The highest BCUT2D eigenvalue weighted by molar-refractivity contribution is 9.10. The molecule has 0 bridgehead atoms. The van der Waals surface area contributed by atoms with Crippen LogP contribution in [0.4, 0.5) is 0 Å². The zero-order valence-corrected chi connectivity index (χ0v) is 9.15. The first-order chi connectivity index (χ1) is 5.26. The number of aromatic nitrogens is 1. The van der Waals surface area contributed by atoms with Crippen molar-refractivity contribution in [2.45, 2.75) is 5.33 Å². The van der Waals surface area contributed by atoms with Crippen molar-refractivity contribution < 1.29 is 4.74 Å². The van der Waals surface area contributed by atoms with Gasteiger partial charge in [0.15, 0.2) is 0 Å². The maximum Gasteiger partial charge on any atom is 0.123 e.